The Labute approximate surface area is 229 Å². The Morgan fingerprint density at radius 3 is 2.58 bits per heavy atom. The van der Waals surface area contributed by atoms with Crippen LogP contribution in [-0.4, -0.2) is 36.9 Å². The molecule has 0 saturated carbocycles. The van der Waals surface area contributed by atoms with Gasteiger partial charge in [-0.1, -0.05) is 62.6 Å². The molecule has 1 aliphatic heterocycles. The van der Waals surface area contributed by atoms with Gasteiger partial charge in [0.25, 0.3) is 5.92 Å². The molecule has 0 aliphatic carbocycles. The summed E-state index contributed by atoms with van der Waals surface area (Å²) in [5, 5.41) is 0. The molecule has 1 saturated heterocycles. The minimum atomic E-state index is -2.81. The van der Waals surface area contributed by atoms with Gasteiger partial charge in [-0.15, -0.1) is 6.42 Å². The number of terminal acetylenes is 1. The van der Waals surface area contributed by atoms with Crippen LogP contribution in [0.3, 0.4) is 0 Å². The minimum Gasteiger partial charge on any atom is -0.378 e. The molecule has 210 valence electrons. The second-order valence-corrected chi connectivity index (χ2v) is 10.4. The molecule has 0 spiro atoms. The molecule has 0 bridgehead atoms. The van der Waals surface area contributed by atoms with Crippen LogP contribution in [0.25, 0.3) is 5.57 Å². The first-order chi connectivity index (χ1) is 18.1. The van der Waals surface area contributed by atoms with Gasteiger partial charge in [0, 0.05) is 26.4 Å². The predicted octanol–water partition coefficient (Wildman–Crippen LogP) is 8.69. The van der Waals surface area contributed by atoms with Crippen molar-refractivity contribution in [1.29, 1.82) is 0 Å². The molecular weight excluding hydrogens is 482 g/mol. The van der Waals surface area contributed by atoms with E-state index in [9.17, 15) is 8.78 Å². The van der Waals surface area contributed by atoms with E-state index in [1.165, 1.54) is 0 Å². The largest absolute Gasteiger partial charge is 0.378 e. The van der Waals surface area contributed by atoms with Gasteiger partial charge in [-0.2, -0.15) is 0 Å². The van der Waals surface area contributed by atoms with Gasteiger partial charge in [-0.25, -0.2) is 8.78 Å². The molecule has 3 unspecified atom stereocenters. The highest BCUT2D eigenvalue weighted by atomic mass is 19.3. The fraction of sp³-hybridized carbons (Fsp3) is 0.576. The fourth-order valence-electron chi connectivity index (χ4n) is 5.25. The molecule has 2 rings (SSSR count). The summed E-state index contributed by atoms with van der Waals surface area (Å²) >= 11 is 0. The normalized spacial score (nSPS) is 22.5. The highest BCUT2D eigenvalue weighted by Crippen LogP contribution is 2.40. The highest BCUT2D eigenvalue weighted by Gasteiger charge is 2.41. The molecule has 38 heavy (non-hydrogen) atoms. The number of rotatable bonds is 16. The number of allylic oxidation sites excluding steroid dienone is 3. The zero-order valence-electron chi connectivity index (χ0n) is 23.7. The Morgan fingerprint density at radius 1 is 1.24 bits per heavy atom. The zero-order valence-corrected chi connectivity index (χ0v) is 23.7. The molecule has 1 heterocycles. The lowest BCUT2D eigenvalue weighted by molar-refractivity contribution is -0.167. The number of hydrogen-bond acceptors (Lipinski definition) is 3. The van der Waals surface area contributed by atoms with Gasteiger partial charge in [-0.05, 0) is 74.0 Å². The number of ether oxygens (including phenoxy) is 3. The standard InChI is InChI=1S/C33H46F2O3/c1-7-11-15-28(9-3)31-22-30(37-10-4)23-33(38-31,20-8-2)21-13-12-14-26(5)29-18-16-27(17-19-29)24-36-25-32(6,34)35/h1,9,11,15-19,30-31H,5,8,10,12-14,20-25H2,2-4,6H3. The van der Waals surface area contributed by atoms with Gasteiger partial charge in [0.1, 0.15) is 6.61 Å². The Kier molecular flexibility index (Phi) is 13.4. The van der Waals surface area contributed by atoms with E-state index in [-0.39, 0.29) is 24.4 Å². The van der Waals surface area contributed by atoms with Crippen molar-refractivity contribution in [1.82, 2.24) is 0 Å². The van der Waals surface area contributed by atoms with Gasteiger partial charge >= 0.3 is 0 Å². The zero-order chi connectivity index (χ0) is 28.0. The van der Waals surface area contributed by atoms with E-state index in [1.54, 1.807) is 6.08 Å². The van der Waals surface area contributed by atoms with Crippen LogP contribution >= 0.6 is 0 Å². The van der Waals surface area contributed by atoms with Crippen molar-refractivity contribution >= 4 is 5.57 Å². The Bertz CT molecular complexity index is 952. The molecule has 0 aromatic heterocycles. The second kappa shape index (κ2) is 16.0. The molecule has 5 heteroatoms. The van der Waals surface area contributed by atoms with Gasteiger partial charge in [-0.3, -0.25) is 0 Å². The first-order valence-corrected chi connectivity index (χ1v) is 14.0. The van der Waals surface area contributed by atoms with Gasteiger partial charge < -0.3 is 14.2 Å². The van der Waals surface area contributed by atoms with Crippen molar-refractivity contribution in [3.05, 3.63) is 65.8 Å². The van der Waals surface area contributed by atoms with Crippen molar-refractivity contribution in [2.75, 3.05) is 13.2 Å². The smallest absolute Gasteiger partial charge is 0.268 e. The average Bonchev–Trinajstić information content (AvgIpc) is 2.87. The van der Waals surface area contributed by atoms with Gasteiger partial charge in [0.15, 0.2) is 0 Å². The summed E-state index contributed by atoms with van der Waals surface area (Å²) in [5.41, 5.74) is 3.92. The summed E-state index contributed by atoms with van der Waals surface area (Å²) < 4.78 is 44.0. The maximum absolute atomic E-state index is 12.9. The molecule has 0 radical (unpaired) electrons. The Hall–Kier alpha value is -2.26. The van der Waals surface area contributed by atoms with Crippen molar-refractivity contribution in [2.45, 2.75) is 109 Å². The monoisotopic (exact) mass is 528 g/mol. The lowest BCUT2D eigenvalue weighted by Gasteiger charge is -2.45. The van der Waals surface area contributed by atoms with E-state index in [2.05, 4.69) is 32.4 Å². The maximum atomic E-state index is 12.9. The van der Waals surface area contributed by atoms with Crippen molar-refractivity contribution in [3.63, 3.8) is 0 Å². The van der Waals surface area contributed by atoms with E-state index < -0.39 is 12.5 Å². The number of unbranched alkanes of at least 4 members (excludes halogenated alkanes) is 1. The highest BCUT2D eigenvalue weighted by molar-refractivity contribution is 5.63. The third-order valence-corrected chi connectivity index (χ3v) is 7.00. The molecule has 1 aromatic rings. The number of halogens is 2. The van der Waals surface area contributed by atoms with Crippen molar-refractivity contribution < 1.29 is 23.0 Å². The summed E-state index contributed by atoms with van der Waals surface area (Å²) in [5.74, 6) is -0.227. The molecule has 3 nitrogen and oxygen atoms in total. The topological polar surface area (TPSA) is 27.7 Å². The quantitative estimate of drug-likeness (QED) is 0.122. The molecular formula is C33H46F2O3. The fourth-order valence-corrected chi connectivity index (χ4v) is 5.25. The summed E-state index contributed by atoms with van der Waals surface area (Å²) in [6.45, 7) is 11.7. The number of alkyl halides is 2. The number of hydrogen-bond donors (Lipinski definition) is 0. The van der Waals surface area contributed by atoms with Crippen LogP contribution in [0.5, 0.6) is 0 Å². The van der Waals surface area contributed by atoms with Crippen LogP contribution in [-0.2, 0) is 20.8 Å². The van der Waals surface area contributed by atoms with Gasteiger partial charge in [0.05, 0.1) is 24.4 Å². The summed E-state index contributed by atoms with van der Waals surface area (Å²) in [4.78, 5) is 0. The third-order valence-electron chi connectivity index (χ3n) is 7.00. The van der Waals surface area contributed by atoms with Crippen LogP contribution in [0.15, 0.2) is 54.6 Å². The van der Waals surface area contributed by atoms with Crippen LogP contribution < -0.4 is 0 Å². The molecule has 0 amide bonds. The predicted molar refractivity (Wildman–Crippen MR) is 153 cm³/mol. The molecule has 1 aromatic carbocycles. The first-order valence-electron chi connectivity index (χ1n) is 14.0. The minimum absolute atomic E-state index is 0.0255. The van der Waals surface area contributed by atoms with Gasteiger partial charge in [0.2, 0.25) is 0 Å². The molecule has 1 aliphatic rings. The van der Waals surface area contributed by atoms with Crippen LogP contribution in [0.2, 0.25) is 0 Å². The average molecular weight is 529 g/mol. The lowest BCUT2D eigenvalue weighted by Crippen LogP contribution is -2.47. The van der Waals surface area contributed by atoms with Crippen molar-refractivity contribution in [2.24, 2.45) is 0 Å². The second-order valence-electron chi connectivity index (χ2n) is 10.4. The summed E-state index contributed by atoms with van der Waals surface area (Å²) in [6, 6.07) is 7.82. The maximum Gasteiger partial charge on any atom is 0.268 e. The Balaban J connectivity index is 1.96. The van der Waals surface area contributed by atoms with E-state index in [0.29, 0.717) is 6.61 Å². The van der Waals surface area contributed by atoms with Crippen LogP contribution in [0.4, 0.5) is 8.78 Å². The first kappa shape index (κ1) is 32.0. The lowest BCUT2D eigenvalue weighted by atomic mass is 9.80. The van der Waals surface area contributed by atoms with E-state index in [0.717, 1.165) is 80.6 Å². The molecule has 0 N–H and O–H groups in total. The molecule has 3 atom stereocenters. The Morgan fingerprint density at radius 2 is 1.97 bits per heavy atom. The van der Waals surface area contributed by atoms with E-state index >= 15 is 0 Å². The van der Waals surface area contributed by atoms with E-state index in [4.69, 9.17) is 20.6 Å². The third kappa shape index (κ3) is 10.8. The van der Waals surface area contributed by atoms with E-state index in [1.807, 2.05) is 37.3 Å². The number of benzene rings is 1. The van der Waals surface area contributed by atoms with Crippen LogP contribution in [0.1, 0.15) is 90.2 Å². The molecule has 1 fully saturated rings. The van der Waals surface area contributed by atoms with Crippen molar-refractivity contribution in [3.8, 4) is 12.3 Å². The summed E-state index contributed by atoms with van der Waals surface area (Å²) in [6.07, 6.45) is 19.1. The SMILES string of the molecule is C#CC=CC(=CC)C1CC(OCC)CC(CCC)(CCCCC(=C)c2ccc(COCC(C)(F)F)cc2)O1. The summed E-state index contributed by atoms with van der Waals surface area (Å²) in [7, 11) is 0. The van der Waals surface area contributed by atoms with Crippen LogP contribution in [0, 0.1) is 12.3 Å².